The van der Waals surface area contributed by atoms with Gasteiger partial charge >= 0.3 is 0 Å². The van der Waals surface area contributed by atoms with Crippen LogP contribution in [-0.4, -0.2) is 61.0 Å². The smallest absolute Gasteiger partial charge is 0.219 e. The van der Waals surface area contributed by atoms with Crippen molar-refractivity contribution >= 4 is 30.7 Å². The molecule has 0 bridgehead atoms. The summed E-state index contributed by atoms with van der Waals surface area (Å²) in [5.74, 6) is 0.214. The minimum absolute atomic E-state index is 0. The zero-order valence-corrected chi connectivity index (χ0v) is 10.6. The normalized spacial score (nSPS) is 22.3. The van der Waals surface area contributed by atoms with Crippen molar-refractivity contribution in [3.63, 3.8) is 0 Å². The standard InChI is InChI=1S/C9H17N3O.2ClH/c1-8(13)12-6-9(7-12)11-4-2-10-3-5-11;;/h9-10H,2-7H2,1H3;2*1H. The van der Waals surface area contributed by atoms with E-state index in [9.17, 15) is 4.79 Å². The van der Waals surface area contributed by atoms with Crippen LogP contribution >= 0.6 is 24.8 Å². The maximum absolute atomic E-state index is 10.9. The Balaban J connectivity index is 0.000000980. The van der Waals surface area contributed by atoms with E-state index >= 15 is 0 Å². The van der Waals surface area contributed by atoms with Crippen molar-refractivity contribution in [1.29, 1.82) is 0 Å². The van der Waals surface area contributed by atoms with Crippen LogP contribution in [0.25, 0.3) is 0 Å². The first-order valence-corrected chi connectivity index (χ1v) is 4.97. The zero-order valence-electron chi connectivity index (χ0n) is 8.94. The number of nitrogens with zero attached hydrogens (tertiary/aromatic N) is 2. The fourth-order valence-corrected chi connectivity index (χ4v) is 1.99. The van der Waals surface area contributed by atoms with Crippen molar-refractivity contribution in [3.8, 4) is 0 Å². The van der Waals surface area contributed by atoms with E-state index in [1.165, 1.54) is 0 Å². The third kappa shape index (κ3) is 3.48. The lowest BCUT2D eigenvalue weighted by molar-refractivity contribution is -0.136. The molecule has 0 aromatic rings. The number of piperazine rings is 1. The predicted octanol–water partition coefficient (Wildman–Crippen LogP) is -0.0341. The highest BCUT2D eigenvalue weighted by atomic mass is 35.5. The first kappa shape index (κ1) is 15.0. The Bertz CT molecular complexity index is 204. The molecule has 2 rings (SSSR count). The molecule has 0 spiro atoms. The summed E-state index contributed by atoms with van der Waals surface area (Å²) in [6, 6.07) is 0.631. The number of rotatable bonds is 1. The van der Waals surface area contributed by atoms with E-state index in [-0.39, 0.29) is 30.7 Å². The van der Waals surface area contributed by atoms with E-state index in [2.05, 4.69) is 10.2 Å². The molecule has 0 atom stereocenters. The van der Waals surface area contributed by atoms with E-state index in [1.807, 2.05) is 4.90 Å². The molecule has 2 aliphatic rings. The molecule has 0 aromatic carbocycles. The molecule has 1 amide bonds. The fraction of sp³-hybridized carbons (Fsp3) is 0.889. The Labute approximate surface area is 103 Å². The molecule has 2 saturated heterocycles. The highest BCUT2D eigenvalue weighted by Crippen LogP contribution is 2.14. The van der Waals surface area contributed by atoms with Crippen LogP contribution in [0.4, 0.5) is 0 Å². The molecule has 2 fully saturated rings. The van der Waals surface area contributed by atoms with Gasteiger partial charge in [0.05, 0.1) is 0 Å². The first-order valence-electron chi connectivity index (χ1n) is 4.97. The topological polar surface area (TPSA) is 35.6 Å². The van der Waals surface area contributed by atoms with Crippen LogP contribution in [0.1, 0.15) is 6.92 Å². The summed E-state index contributed by atoms with van der Waals surface area (Å²) < 4.78 is 0. The minimum atomic E-state index is 0. The van der Waals surface area contributed by atoms with Gasteiger partial charge in [-0.05, 0) is 0 Å². The number of likely N-dealkylation sites (tertiary alicyclic amines) is 1. The molecule has 90 valence electrons. The van der Waals surface area contributed by atoms with Crippen LogP contribution in [0.3, 0.4) is 0 Å². The van der Waals surface area contributed by atoms with Crippen LogP contribution in [0.15, 0.2) is 0 Å². The van der Waals surface area contributed by atoms with Crippen molar-refractivity contribution in [2.45, 2.75) is 13.0 Å². The van der Waals surface area contributed by atoms with Crippen LogP contribution in [-0.2, 0) is 4.79 Å². The Morgan fingerprint density at radius 2 is 1.73 bits per heavy atom. The SMILES string of the molecule is CC(=O)N1CC(N2CCNCC2)C1.Cl.Cl. The van der Waals surface area contributed by atoms with Gasteiger partial charge in [-0.1, -0.05) is 0 Å². The predicted molar refractivity (Wildman–Crippen MR) is 65.0 cm³/mol. The highest BCUT2D eigenvalue weighted by molar-refractivity contribution is 5.85. The third-order valence-electron chi connectivity index (χ3n) is 2.98. The second kappa shape index (κ2) is 6.53. The van der Waals surface area contributed by atoms with E-state index in [0.29, 0.717) is 6.04 Å². The Kier molecular flexibility index (Phi) is 6.52. The van der Waals surface area contributed by atoms with Gasteiger partial charge in [-0.15, -0.1) is 24.8 Å². The van der Waals surface area contributed by atoms with Crippen molar-refractivity contribution < 1.29 is 4.79 Å². The third-order valence-corrected chi connectivity index (χ3v) is 2.98. The van der Waals surface area contributed by atoms with E-state index in [1.54, 1.807) is 6.92 Å². The first-order chi connectivity index (χ1) is 6.27. The second-order valence-electron chi connectivity index (χ2n) is 3.86. The quantitative estimate of drug-likeness (QED) is 0.715. The number of halogens is 2. The van der Waals surface area contributed by atoms with Gasteiger partial charge in [-0.3, -0.25) is 9.69 Å². The number of hydrogen-bond acceptors (Lipinski definition) is 3. The van der Waals surface area contributed by atoms with Crippen molar-refractivity contribution in [2.24, 2.45) is 0 Å². The fourth-order valence-electron chi connectivity index (χ4n) is 1.99. The molecule has 0 aliphatic carbocycles. The number of amides is 1. The monoisotopic (exact) mass is 255 g/mol. The summed E-state index contributed by atoms with van der Waals surface area (Å²) in [7, 11) is 0. The van der Waals surface area contributed by atoms with Crippen LogP contribution in [0, 0.1) is 0 Å². The molecule has 6 heteroatoms. The van der Waals surface area contributed by atoms with Crippen LogP contribution in [0.2, 0.25) is 0 Å². The zero-order chi connectivity index (χ0) is 9.26. The number of hydrogen-bond donors (Lipinski definition) is 1. The average Bonchev–Trinajstić information content (AvgIpc) is 2.02. The van der Waals surface area contributed by atoms with Crippen molar-refractivity contribution in [3.05, 3.63) is 0 Å². The Hall–Kier alpha value is -0.0300. The second-order valence-corrected chi connectivity index (χ2v) is 3.86. The lowest BCUT2D eigenvalue weighted by Crippen LogP contribution is -2.63. The summed E-state index contributed by atoms with van der Waals surface area (Å²) >= 11 is 0. The van der Waals surface area contributed by atoms with Crippen molar-refractivity contribution in [1.82, 2.24) is 15.1 Å². The lowest BCUT2D eigenvalue weighted by atomic mass is 10.1. The Morgan fingerprint density at radius 1 is 1.20 bits per heavy atom. The van der Waals surface area contributed by atoms with Gasteiger partial charge in [0.2, 0.25) is 5.91 Å². The van der Waals surface area contributed by atoms with Gasteiger partial charge in [0.1, 0.15) is 0 Å². The minimum Gasteiger partial charge on any atom is -0.340 e. The van der Waals surface area contributed by atoms with E-state index in [0.717, 1.165) is 39.3 Å². The largest absolute Gasteiger partial charge is 0.340 e. The number of nitrogens with one attached hydrogen (secondary N) is 1. The molecular weight excluding hydrogens is 237 g/mol. The van der Waals surface area contributed by atoms with Gasteiger partial charge < -0.3 is 10.2 Å². The molecule has 0 unspecified atom stereocenters. The molecule has 0 aromatic heterocycles. The van der Waals surface area contributed by atoms with Gasteiger partial charge in [0, 0.05) is 52.2 Å². The van der Waals surface area contributed by atoms with E-state index < -0.39 is 0 Å². The maximum atomic E-state index is 10.9. The molecule has 1 N–H and O–H groups in total. The molecule has 2 aliphatic heterocycles. The molecular formula is C9H19Cl2N3O. The van der Waals surface area contributed by atoms with Crippen LogP contribution < -0.4 is 5.32 Å². The van der Waals surface area contributed by atoms with Gasteiger partial charge in [-0.2, -0.15) is 0 Å². The molecule has 0 radical (unpaired) electrons. The number of carbonyl (C=O) groups excluding carboxylic acids is 1. The summed E-state index contributed by atoms with van der Waals surface area (Å²) in [5, 5.41) is 3.33. The molecule has 4 nitrogen and oxygen atoms in total. The summed E-state index contributed by atoms with van der Waals surface area (Å²) in [6.07, 6.45) is 0. The van der Waals surface area contributed by atoms with E-state index in [4.69, 9.17) is 0 Å². The maximum Gasteiger partial charge on any atom is 0.219 e. The summed E-state index contributed by atoms with van der Waals surface area (Å²) in [5.41, 5.74) is 0. The van der Waals surface area contributed by atoms with Gasteiger partial charge in [0.25, 0.3) is 0 Å². The van der Waals surface area contributed by atoms with Gasteiger partial charge in [-0.25, -0.2) is 0 Å². The molecule has 0 saturated carbocycles. The molecule has 2 heterocycles. The lowest BCUT2D eigenvalue weighted by Gasteiger charge is -2.46. The number of carbonyl (C=O) groups is 1. The summed E-state index contributed by atoms with van der Waals surface area (Å²) in [4.78, 5) is 15.3. The highest BCUT2D eigenvalue weighted by Gasteiger charge is 2.33. The van der Waals surface area contributed by atoms with Gasteiger partial charge in [0.15, 0.2) is 0 Å². The summed E-state index contributed by atoms with van der Waals surface area (Å²) in [6.45, 7) is 7.98. The molecule has 15 heavy (non-hydrogen) atoms. The van der Waals surface area contributed by atoms with Crippen LogP contribution in [0.5, 0.6) is 0 Å². The average molecular weight is 256 g/mol. The van der Waals surface area contributed by atoms with Crippen molar-refractivity contribution in [2.75, 3.05) is 39.3 Å². The Morgan fingerprint density at radius 3 is 2.20 bits per heavy atom.